The van der Waals surface area contributed by atoms with E-state index >= 15 is 0 Å². The number of rotatable bonds is 10. The summed E-state index contributed by atoms with van der Waals surface area (Å²) in [6, 6.07) is 7.69. The van der Waals surface area contributed by atoms with Crippen molar-refractivity contribution >= 4 is 12.2 Å². The summed E-state index contributed by atoms with van der Waals surface area (Å²) in [4.78, 5) is 0. The molecule has 0 heterocycles. The summed E-state index contributed by atoms with van der Waals surface area (Å²) in [5.41, 5.74) is 11.3. The topological polar surface area (TPSA) is 86.0 Å². The Hall–Kier alpha value is -2.04. The first-order valence-corrected chi connectivity index (χ1v) is 7.57. The predicted octanol–water partition coefficient (Wildman–Crippen LogP) is 3.03. The molecular weight excluding hydrogens is 264 g/mol. The van der Waals surface area contributed by atoms with Gasteiger partial charge >= 0.3 is 0 Å². The van der Waals surface area contributed by atoms with Crippen LogP contribution in [0.4, 0.5) is 0 Å². The molecule has 0 aliphatic heterocycles. The van der Waals surface area contributed by atoms with Crippen molar-refractivity contribution in [3.63, 3.8) is 0 Å². The van der Waals surface area contributed by atoms with Crippen molar-refractivity contribution in [3.05, 3.63) is 29.8 Å². The van der Waals surface area contributed by atoms with Crippen LogP contribution in [0.15, 0.2) is 34.5 Å². The summed E-state index contributed by atoms with van der Waals surface area (Å²) in [7, 11) is 0. The second kappa shape index (κ2) is 10.7. The van der Waals surface area contributed by atoms with Gasteiger partial charge in [-0.05, 0) is 36.2 Å². The molecule has 0 aromatic heterocycles. The van der Waals surface area contributed by atoms with Gasteiger partial charge in [-0.1, -0.05) is 39.0 Å². The molecule has 0 saturated carbocycles. The fourth-order valence-electron chi connectivity index (χ4n) is 1.88. The second-order valence-corrected chi connectivity index (χ2v) is 4.95. The first kappa shape index (κ1) is 17.0. The monoisotopic (exact) mass is 290 g/mol. The van der Waals surface area contributed by atoms with Gasteiger partial charge in [0.15, 0.2) is 0 Å². The van der Waals surface area contributed by atoms with Gasteiger partial charge in [-0.15, -0.1) is 5.10 Å². The Morgan fingerprint density at radius 1 is 1.05 bits per heavy atom. The molecule has 0 bridgehead atoms. The summed E-state index contributed by atoms with van der Waals surface area (Å²) in [5.74, 6) is 0.827. The Labute approximate surface area is 127 Å². The molecule has 1 rings (SSSR count). The molecule has 0 aliphatic carbocycles. The van der Waals surface area contributed by atoms with Crippen LogP contribution in [-0.4, -0.2) is 18.8 Å². The van der Waals surface area contributed by atoms with Gasteiger partial charge in [0.25, 0.3) is 0 Å². The molecule has 5 nitrogen and oxygen atoms in total. The third-order valence-electron chi connectivity index (χ3n) is 3.03. The molecule has 0 spiro atoms. The third-order valence-corrected chi connectivity index (χ3v) is 3.03. The number of hydrogen-bond donors (Lipinski definition) is 2. The lowest BCUT2D eigenvalue weighted by Gasteiger charge is -2.06. The molecule has 0 atom stereocenters. The van der Waals surface area contributed by atoms with Crippen LogP contribution < -0.4 is 16.2 Å². The smallest absolute Gasteiger partial charge is 0.211 e. The van der Waals surface area contributed by atoms with Crippen molar-refractivity contribution in [2.24, 2.45) is 21.7 Å². The SMILES string of the molecule is CCCCCCCCOc1ccc(C=NN=C(N)N)cc1. The molecule has 0 amide bonds. The number of unbranched alkanes of at least 4 members (excludes halogenated alkanes) is 5. The second-order valence-electron chi connectivity index (χ2n) is 4.95. The van der Waals surface area contributed by atoms with Gasteiger partial charge in [0.2, 0.25) is 5.96 Å². The zero-order valence-corrected chi connectivity index (χ0v) is 12.8. The van der Waals surface area contributed by atoms with Crippen LogP contribution in [0, 0.1) is 0 Å². The highest BCUT2D eigenvalue weighted by Crippen LogP contribution is 2.12. The van der Waals surface area contributed by atoms with Gasteiger partial charge < -0.3 is 16.2 Å². The summed E-state index contributed by atoms with van der Waals surface area (Å²) in [5, 5.41) is 7.30. The first-order valence-electron chi connectivity index (χ1n) is 7.57. The van der Waals surface area contributed by atoms with Gasteiger partial charge in [0, 0.05) is 0 Å². The van der Waals surface area contributed by atoms with E-state index in [4.69, 9.17) is 16.2 Å². The fraction of sp³-hybridized carbons (Fsp3) is 0.500. The van der Waals surface area contributed by atoms with E-state index in [0.717, 1.165) is 24.3 Å². The highest BCUT2D eigenvalue weighted by atomic mass is 16.5. The molecule has 4 N–H and O–H groups in total. The van der Waals surface area contributed by atoms with E-state index in [1.54, 1.807) is 6.21 Å². The van der Waals surface area contributed by atoms with Gasteiger partial charge in [-0.25, -0.2) is 0 Å². The molecule has 0 aliphatic rings. The lowest BCUT2D eigenvalue weighted by molar-refractivity contribution is 0.304. The number of benzene rings is 1. The van der Waals surface area contributed by atoms with Crippen LogP contribution in [0.25, 0.3) is 0 Å². The maximum atomic E-state index is 5.70. The zero-order chi connectivity index (χ0) is 15.3. The lowest BCUT2D eigenvalue weighted by Crippen LogP contribution is -2.21. The van der Waals surface area contributed by atoms with E-state index in [0.29, 0.717) is 0 Å². The van der Waals surface area contributed by atoms with Crippen molar-refractivity contribution in [1.29, 1.82) is 0 Å². The van der Waals surface area contributed by atoms with E-state index in [1.807, 2.05) is 24.3 Å². The molecule has 1 aromatic carbocycles. The van der Waals surface area contributed by atoms with Crippen molar-refractivity contribution in [2.45, 2.75) is 45.4 Å². The largest absolute Gasteiger partial charge is 0.494 e. The standard InChI is InChI=1S/C16H26N4O/c1-2-3-4-5-6-7-12-21-15-10-8-14(9-11-15)13-19-20-16(17)18/h8-11,13H,2-7,12H2,1H3,(H4,17,18,20). The minimum absolute atomic E-state index is 0.0508. The normalized spacial score (nSPS) is 10.7. The molecule has 0 fully saturated rings. The van der Waals surface area contributed by atoms with Crippen molar-refractivity contribution in [3.8, 4) is 5.75 Å². The molecule has 116 valence electrons. The van der Waals surface area contributed by atoms with E-state index < -0.39 is 0 Å². The van der Waals surface area contributed by atoms with Gasteiger partial charge in [-0.2, -0.15) is 5.10 Å². The Morgan fingerprint density at radius 2 is 1.71 bits per heavy atom. The fourth-order valence-corrected chi connectivity index (χ4v) is 1.88. The molecule has 0 unspecified atom stereocenters. The minimum Gasteiger partial charge on any atom is -0.494 e. The summed E-state index contributed by atoms with van der Waals surface area (Å²) in [6.45, 7) is 3.00. The van der Waals surface area contributed by atoms with Crippen molar-refractivity contribution < 1.29 is 4.74 Å². The average Bonchev–Trinajstić information content (AvgIpc) is 2.47. The quantitative estimate of drug-likeness (QED) is 0.300. The van der Waals surface area contributed by atoms with Crippen LogP contribution in [0.5, 0.6) is 5.75 Å². The molecule has 1 aromatic rings. The summed E-state index contributed by atoms with van der Waals surface area (Å²) < 4.78 is 5.70. The highest BCUT2D eigenvalue weighted by Gasteiger charge is 1.95. The number of nitrogens with two attached hydrogens (primary N) is 2. The zero-order valence-electron chi connectivity index (χ0n) is 12.8. The van der Waals surface area contributed by atoms with Crippen molar-refractivity contribution in [2.75, 3.05) is 6.61 Å². The van der Waals surface area contributed by atoms with Crippen molar-refractivity contribution in [1.82, 2.24) is 0 Å². The van der Waals surface area contributed by atoms with E-state index in [1.165, 1.54) is 32.1 Å². The Balaban J connectivity index is 2.22. The van der Waals surface area contributed by atoms with Crippen LogP contribution in [0.1, 0.15) is 51.0 Å². The van der Waals surface area contributed by atoms with Crippen LogP contribution >= 0.6 is 0 Å². The number of ether oxygens (including phenoxy) is 1. The predicted molar refractivity (Wildman–Crippen MR) is 88.7 cm³/mol. The van der Waals surface area contributed by atoms with Crippen LogP contribution in [0.2, 0.25) is 0 Å². The highest BCUT2D eigenvalue weighted by molar-refractivity contribution is 5.81. The number of nitrogens with zero attached hydrogens (tertiary/aromatic N) is 2. The Morgan fingerprint density at radius 3 is 2.38 bits per heavy atom. The summed E-state index contributed by atoms with van der Waals surface area (Å²) >= 11 is 0. The molecule has 0 saturated heterocycles. The first-order chi connectivity index (χ1) is 10.2. The number of hydrogen-bond acceptors (Lipinski definition) is 3. The maximum absolute atomic E-state index is 5.70. The van der Waals surface area contributed by atoms with E-state index in [2.05, 4.69) is 17.1 Å². The van der Waals surface area contributed by atoms with Gasteiger partial charge in [-0.3, -0.25) is 0 Å². The summed E-state index contributed by atoms with van der Waals surface area (Å²) in [6.07, 6.45) is 9.20. The lowest BCUT2D eigenvalue weighted by atomic mass is 10.1. The molecular formula is C16H26N4O. The van der Waals surface area contributed by atoms with Crippen LogP contribution in [-0.2, 0) is 0 Å². The molecule has 0 radical (unpaired) electrons. The van der Waals surface area contributed by atoms with Crippen LogP contribution in [0.3, 0.4) is 0 Å². The van der Waals surface area contributed by atoms with E-state index in [-0.39, 0.29) is 5.96 Å². The number of guanidine groups is 1. The van der Waals surface area contributed by atoms with Gasteiger partial charge in [0.05, 0.1) is 12.8 Å². The Kier molecular flexibility index (Phi) is 8.68. The maximum Gasteiger partial charge on any atom is 0.211 e. The molecule has 5 heteroatoms. The average molecular weight is 290 g/mol. The molecule has 21 heavy (non-hydrogen) atoms. The van der Waals surface area contributed by atoms with E-state index in [9.17, 15) is 0 Å². The Bertz CT molecular complexity index is 436. The van der Waals surface area contributed by atoms with Gasteiger partial charge in [0.1, 0.15) is 5.75 Å². The minimum atomic E-state index is -0.0508. The third kappa shape index (κ3) is 8.68.